The van der Waals surface area contributed by atoms with Gasteiger partial charge in [-0.25, -0.2) is 4.57 Å². The minimum absolute atomic E-state index is 0.0344. The molecule has 0 saturated carbocycles. The molecule has 52 heavy (non-hydrogen) atoms. The molecule has 0 aliphatic rings. The number of unbranched alkanes of at least 4 members (excludes halogenated alkanes) is 25. The van der Waals surface area contributed by atoms with E-state index in [4.69, 9.17) is 18.5 Å². The third-order valence-electron chi connectivity index (χ3n) is 9.44. The van der Waals surface area contributed by atoms with Crippen molar-refractivity contribution in [2.45, 2.75) is 199 Å². The second kappa shape index (κ2) is 35.5. The molecule has 308 valence electrons. The number of phosphoric ester groups is 1. The number of ether oxygens (including phenoxy) is 2. The van der Waals surface area contributed by atoms with Gasteiger partial charge in [0.05, 0.1) is 27.7 Å². The van der Waals surface area contributed by atoms with Gasteiger partial charge in [0.15, 0.2) is 6.10 Å². The maximum absolute atomic E-state index is 12.6. The van der Waals surface area contributed by atoms with Crippen LogP contribution in [0, 0.1) is 0 Å². The zero-order valence-electron chi connectivity index (χ0n) is 34.4. The van der Waals surface area contributed by atoms with Crippen LogP contribution < -0.4 is 0 Å². The highest BCUT2D eigenvalue weighted by Crippen LogP contribution is 2.43. The number of rotatable bonds is 40. The van der Waals surface area contributed by atoms with Crippen molar-refractivity contribution in [1.29, 1.82) is 0 Å². The smallest absolute Gasteiger partial charge is 0.462 e. The summed E-state index contributed by atoms with van der Waals surface area (Å²) in [5.74, 6) is -0.792. The molecule has 0 aromatic heterocycles. The van der Waals surface area contributed by atoms with E-state index in [-0.39, 0.29) is 25.6 Å². The number of carbonyl (C=O) groups excluding carboxylic acids is 2. The molecule has 0 heterocycles. The summed E-state index contributed by atoms with van der Waals surface area (Å²) in [5, 5.41) is 0. The van der Waals surface area contributed by atoms with Gasteiger partial charge in [-0.2, -0.15) is 0 Å². The topological polar surface area (TPSA) is 108 Å². The fraction of sp³-hybridized carbons (Fsp3) is 0.905. The minimum Gasteiger partial charge on any atom is -0.462 e. The van der Waals surface area contributed by atoms with Crippen molar-refractivity contribution in [1.82, 2.24) is 0 Å². The van der Waals surface area contributed by atoms with Gasteiger partial charge in [0.2, 0.25) is 0 Å². The zero-order chi connectivity index (χ0) is 38.6. The fourth-order valence-corrected chi connectivity index (χ4v) is 6.79. The summed E-state index contributed by atoms with van der Waals surface area (Å²) in [6.45, 7) is 5.95. The van der Waals surface area contributed by atoms with Crippen molar-refractivity contribution in [3.8, 4) is 0 Å². The predicted octanol–water partition coefficient (Wildman–Crippen LogP) is 11.8. The Kier molecular flexibility index (Phi) is 34.6. The summed E-state index contributed by atoms with van der Waals surface area (Å²) in [7, 11) is 1.48. The van der Waals surface area contributed by atoms with Crippen LogP contribution in [0.3, 0.4) is 0 Å². The number of esters is 2. The number of nitrogens with zero attached hydrogens (tertiary/aromatic N) is 1. The first kappa shape index (κ1) is 50.8. The van der Waals surface area contributed by atoms with Crippen molar-refractivity contribution in [3.05, 3.63) is 12.7 Å². The summed E-state index contributed by atoms with van der Waals surface area (Å²) in [6.07, 6.45) is 34.3. The number of phosphoric acid groups is 1. The van der Waals surface area contributed by atoms with Crippen molar-refractivity contribution < 1.29 is 42.1 Å². The Bertz CT molecular complexity index is 894. The van der Waals surface area contributed by atoms with Gasteiger partial charge in [-0.3, -0.25) is 18.6 Å². The number of hydrogen-bond donors (Lipinski definition) is 1. The Morgan fingerprint density at radius 3 is 1.44 bits per heavy atom. The van der Waals surface area contributed by atoms with Crippen LogP contribution in [-0.2, 0) is 32.7 Å². The van der Waals surface area contributed by atoms with E-state index in [1.165, 1.54) is 128 Å². The van der Waals surface area contributed by atoms with E-state index < -0.39 is 26.5 Å². The quantitative estimate of drug-likeness (QED) is 0.0216. The molecular formula is C42H83NO8P+. The third kappa shape index (κ3) is 38.5. The number of hydrogen-bond acceptors (Lipinski definition) is 7. The van der Waals surface area contributed by atoms with E-state index in [0.717, 1.165) is 38.5 Å². The van der Waals surface area contributed by atoms with E-state index in [1.54, 1.807) is 0 Å². The molecule has 0 bridgehead atoms. The number of allylic oxidation sites excluding steroid dienone is 1. The summed E-state index contributed by atoms with van der Waals surface area (Å²) in [4.78, 5) is 35.3. The van der Waals surface area contributed by atoms with E-state index in [2.05, 4.69) is 13.5 Å². The molecule has 1 N–H and O–H groups in total. The average molecular weight is 761 g/mol. The molecule has 0 aliphatic carbocycles. The molecule has 2 atom stereocenters. The summed E-state index contributed by atoms with van der Waals surface area (Å²) >= 11 is 0. The molecule has 0 radical (unpaired) electrons. The third-order valence-corrected chi connectivity index (χ3v) is 10.4. The van der Waals surface area contributed by atoms with Crippen LogP contribution in [0.5, 0.6) is 0 Å². The SMILES string of the molecule is C=CCCCCCCCCCCCCCCCC(=O)OC[C@H](COP(=O)(O)OCC[N+](C)(C)C)OC(=O)CCCCCCCCCCCCCCC. The predicted molar refractivity (Wildman–Crippen MR) is 215 cm³/mol. The van der Waals surface area contributed by atoms with Crippen LogP contribution in [0.4, 0.5) is 0 Å². The highest BCUT2D eigenvalue weighted by molar-refractivity contribution is 7.47. The number of carbonyl (C=O) groups is 2. The van der Waals surface area contributed by atoms with Gasteiger partial charge in [0.1, 0.15) is 19.8 Å². The molecule has 0 fully saturated rings. The fourth-order valence-electron chi connectivity index (χ4n) is 6.05. The van der Waals surface area contributed by atoms with Gasteiger partial charge in [0, 0.05) is 12.8 Å². The van der Waals surface area contributed by atoms with E-state index >= 15 is 0 Å². The second-order valence-electron chi connectivity index (χ2n) is 15.8. The highest BCUT2D eigenvalue weighted by Gasteiger charge is 2.27. The molecule has 0 rings (SSSR count). The molecule has 0 spiro atoms. The van der Waals surface area contributed by atoms with Gasteiger partial charge < -0.3 is 18.9 Å². The van der Waals surface area contributed by atoms with Gasteiger partial charge in [-0.15, -0.1) is 6.58 Å². The first-order chi connectivity index (χ1) is 25.0. The van der Waals surface area contributed by atoms with Crippen molar-refractivity contribution in [2.75, 3.05) is 47.5 Å². The largest absolute Gasteiger partial charge is 0.472 e. The standard InChI is InChI=1S/C42H82NO8P/c1-6-8-10-12-14-16-18-20-21-23-24-26-28-30-32-34-41(44)48-38-40(39-50-52(46,47)49-37-36-43(3,4)5)51-42(45)35-33-31-29-27-25-22-19-17-15-13-11-9-7-2/h6,40H,1,7-39H2,2-5H3/p+1/t40-/m1/s1. The monoisotopic (exact) mass is 761 g/mol. The Hall–Kier alpha value is -1.25. The Balaban J connectivity index is 4.33. The van der Waals surface area contributed by atoms with E-state index in [9.17, 15) is 19.0 Å². The maximum atomic E-state index is 12.6. The first-order valence-corrected chi connectivity index (χ1v) is 22.9. The molecule has 9 nitrogen and oxygen atoms in total. The van der Waals surface area contributed by atoms with E-state index in [0.29, 0.717) is 23.9 Å². The highest BCUT2D eigenvalue weighted by atomic mass is 31.2. The number of likely N-dealkylation sites (N-methyl/N-ethyl adjacent to an activating group) is 1. The maximum Gasteiger partial charge on any atom is 0.472 e. The summed E-state index contributed by atoms with van der Waals surface area (Å²) in [6, 6.07) is 0. The zero-order valence-corrected chi connectivity index (χ0v) is 35.3. The van der Waals surface area contributed by atoms with Crippen LogP contribution in [0.15, 0.2) is 12.7 Å². The lowest BCUT2D eigenvalue weighted by Gasteiger charge is -2.24. The molecule has 0 aromatic carbocycles. The van der Waals surface area contributed by atoms with Crippen molar-refractivity contribution in [2.24, 2.45) is 0 Å². The van der Waals surface area contributed by atoms with Crippen LogP contribution in [-0.4, -0.2) is 74.9 Å². The van der Waals surface area contributed by atoms with Gasteiger partial charge in [0.25, 0.3) is 0 Å². The second-order valence-corrected chi connectivity index (χ2v) is 17.3. The first-order valence-electron chi connectivity index (χ1n) is 21.4. The summed E-state index contributed by atoms with van der Waals surface area (Å²) in [5.41, 5.74) is 0. The van der Waals surface area contributed by atoms with Gasteiger partial charge >= 0.3 is 19.8 Å². The number of quaternary nitrogens is 1. The van der Waals surface area contributed by atoms with Crippen LogP contribution in [0.2, 0.25) is 0 Å². The van der Waals surface area contributed by atoms with Crippen molar-refractivity contribution in [3.63, 3.8) is 0 Å². The molecular weight excluding hydrogens is 677 g/mol. The van der Waals surface area contributed by atoms with Crippen LogP contribution in [0.1, 0.15) is 193 Å². The van der Waals surface area contributed by atoms with Gasteiger partial charge in [-0.05, 0) is 25.7 Å². The molecule has 0 aromatic rings. The molecule has 0 saturated heterocycles. The molecule has 10 heteroatoms. The minimum atomic E-state index is -4.37. The lowest BCUT2D eigenvalue weighted by atomic mass is 10.0. The molecule has 0 amide bonds. The van der Waals surface area contributed by atoms with Crippen LogP contribution in [0.25, 0.3) is 0 Å². The van der Waals surface area contributed by atoms with Crippen molar-refractivity contribution >= 4 is 19.8 Å². The molecule has 1 unspecified atom stereocenters. The normalized spacial score (nSPS) is 13.5. The molecule has 0 aliphatic heterocycles. The average Bonchev–Trinajstić information content (AvgIpc) is 3.09. The Morgan fingerprint density at radius 2 is 1.02 bits per heavy atom. The van der Waals surface area contributed by atoms with Gasteiger partial charge in [-0.1, -0.05) is 161 Å². The van der Waals surface area contributed by atoms with Crippen LogP contribution >= 0.6 is 7.82 Å². The van der Waals surface area contributed by atoms with E-state index in [1.807, 2.05) is 27.2 Å². The lowest BCUT2D eigenvalue weighted by Crippen LogP contribution is -2.37. The summed E-state index contributed by atoms with van der Waals surface area (Å²) < 4.78 is 34.3. The Morgan fingerprint density at radius 1 is 0.615 bits per heavy atom. The Labute approximate surface area is 320 Å². The lowest BCUT2D eigenvalue weighted by molar-refractivity contribution is -0.870.